The van der Waals surface area contributed by atoms with Crippen LogP contribution in [0.5, 0.6) is 11.5 Å². The molecule has 0 bridgehead atoms. The van der Waals surface area contributed by atoms with E-state index in [1.165, 1.54) is 0 Å². The number of nitrogens with zero attached hydrogens (tertiary/aromatic N) is 1. The highest BCUT2D eigenvalue weighted by Crippen LogP contribution is 2.33. The maximum atomic E-state index is 12.7. The molecule has 0 aliphatic carbocycles. The van der Waals surface area contributed by atoms with Crippen LogP contribution in [-0.2, 0) is 11.2 Å². The van der Waals surface area contributed by atoms with Crippen LogP contribution < -0.4 is 14.4 Å². The third-order valence-corrected chi connectivity index (χ3v) is 3.83. The lowest BCUT2D eigenvalue weighted by atomic mass is 10.1. The zero-order valence-electron chi connectivity index (χ0n) is 12.8. The van der Waals surface area contributed by atoms with Gasteiger partial charge < -0.3 is 14.4 Å². The monoisotopic (exact) mass is 297 g/mol. The summed E-state index contributed by atoms with van der Waals surface area (Å²) < 4.78 is 10.8. The van der Waals surface area contributed by atoms with Gasteiger partial charge in [0, 0.05) is 0 Å². The Kier molecular flexibility index (Phi) is 4.00. The van der Waals surface area contributed by atoms with Crippen LogP contribution in [0.15, 0.2) is 48.5 Å². The molecule has 4 heteroatoms. The van der Waals surface area contributed by atoms with Crippen molar-refractivity contribution in [2.45, 2.75) is 19.4 Å². The molecule has 0 radical (unpaired) electrons. The van der Waals surface area contributed by atoms with Gasteiger partial charge in [-0.2, -0.15) is 0 Å². The molecule has 3 rings (SSSR count). The quantitative estimate of drug-likeness (QED) is 0.874. The van der Waals surface area contributed by atoms with Gasteiger partial charge in [0.05, 0.1) is 25.3 Å². The topological polar surface area (TPSA) is 38.8 Å². The number of methoxy groups -OCH3 is 1. The van der Waals surface area contributed by atoms with Crippen molar-refractivity contribution in [2.24, 2.45) is 0 Å². The van der Waals surface area contributed by atoms with Crippen molar-refractivity contribution < 1.29 is 14.3 Å². The first kappa shape index (κ1) is 14.4. The summed E-state index contributed by atoms with van der Waals surface area (Å²) in [6, 6.07) is 15.3. The Balaban J connectivity index is 1.81. The van der Waals surface area contributed by atoms with Crippen molar-refractivity contribution in [1.29, 1.82) is 0 Å². The van der Waals surface area contributed by atoms with Crippen molar-refractivity contribution in [3.05, 3.63) is 54.1 Å². The second-order valence-electron chi connectivity index (χ2n) is 5.42. The first-order valence-corrected chi connectivity index (χ1v) is 7.36. The second-order valence-corrected chi connectivity index (χ2v) is 5.42. The second kappa shape index (κ2) is 6.10. The summed E-state index contributed by atoms with van der Waals surface area (Å²) in [7, 11) is 1.63. The SMILES string of the molecule is COc1ccc(CC(=O)N2c3ccccc3OCC2C)cc1. The summed E-state index contributed by atoms with van der Waals surface area (Å²) in [6.45, 7) is 2.52. The summed E-state index contributed by atoms with van der Waals surface area (Å²) in [5, 5.41) is 0. The van der Waals surface area contributed by atoms with Gasteiger partial charge in [0.2, 0.25) is 5.91 Å². The van der Waals surface area contributed by atoms with E-state index in [9.17, 15) is 4.79 Å². The molecule has 1 heterocycles. The first-order chi connectivity index (χ1) is 10.7. The van der Waals surface area contributed by atoms with E-state index in [-0.39, 0.29) is 11.9 Å². The summed E-state index contributed by atoms with van der Waals surface area (Å²) in [5.41, 5.74) is 1.82. The number of fused-ring (bicyclic) bond motifs is 1. The summed E-state index contributed by atoms with van der Waals surface area (Å²) in [6.07, 6.45) is 0.364. The Bertz CT molecular complexity index is 666. The number of para-hydroxylation sites is 2. The predicted octanol–water partition coefficient (Wildman–Crippen LogP) is 3.05. The number of carbonyl (C=O) groups excluding carboxylic acids is 1. The molecule has 0 spiro atoms. The standard InChI is InChI=1S/C18H19NO3/c1-13-12-22-17-6-4-3-5-16(17)19(13)18(20)11-14-7-9-15(21-2)10-8-14/h3-10,13H,11-12H2,1-2H3. The highest BCUT2D eigenvalue weighted by molar-refractivity contribution is 5.97. The van der Waals surface area contributed by atoms with Gasteiger partial charge in [0.25, 0.3) is 0 Å². The van der Waals surface area contributed by atoms with Crippen molar-refractivity contribution in [2.75, 3.05) is 18.6 Å². The Hall–Kier alpha value is -2.49. The highest BCUT2D eigenvalue weighted by Gasteiger charge is 2.29. The third-order valence-electron chi connectivity index (χ3n) is 3.83. The molecular formula is C18H19NO3. The number of anilines is 1. The molecule has 2 aromatic rings. The van der Waals surface area contributed by atoms with E-state index in [1.807, 2.05) is 60.4 Å². The number of amides is 1. The Morgan fingerprint density at radius 2 is 1.95 bits per heavy atom. The van der Waals surface area contributed by atoms with E-state index < -0.39 is 0 Å². The lowest BCUT2D eigenvalue weighted by molar-refractivity contribution is -0.118. The maximum Gasteiger partial charge on any atom is 0.231 e. The predicted molar refractivity (Wildman–Crippen MR) is 85.6 cm³/mol. The molecule has 4 nitrogen and oxygen atoms in total. The van der Waals surface area contributed by atoms with E-state index in [0.717, 1.165) is 22.7 Å². The van der Waals surface area contributed by atoms with Gasteiger partial charge in [-0.1, -0.05) is 24.3 Å². The fourth-order valence-electron chi connectivity index (χ4n) is 2.68. The van der Waals surface area contributed by atoms with Gasteiger partial charge in [0.15, 0.2) is 0 Å². The van der Waals surface area contributed by atoms with Gasteiger partial charge in [-0.25, -0.2) is 0 Å². The number of carbonyl (C=O) groups is 1. The van der Waals surface area contributed by atoms with Crippen LogP contribution in [0, 0.1) is 0 Å². The largest absolute Gasteiger partial charge is 0.497 e. The molecule has 1 amide bonds. The van der Waals surface area contributed by atoms with Crippen molar-refractivity contribution in [3.8, 4) is 11.5 Å². The van der Waals surface area contributed by atoms with Gasteiger partial charge >= 0.3 is 0 Å². The molecule has 2 aromatic carbocycles. The Labute approximate surface area is 130 Å². The van der Waals surface area contributed by atoms with E-state index in [4.69, 9.17) is 9.47 Å². The Morgan fingerprint density at radius 3 is 2.68 bits per heavy atom. The zero-order valence-corrected chi connectivity index (χ0v) is 12.8. The van der Waals surface area contributed by atoms with Crippen LogP contribution >= 0.6 is 0 Å². The minimum absolute atomic E-state index is 0.0284. The van der Waals surface area contributed by atoms with Gasteiger partial charge in [-0.15, -0.1) is 0 Å². The average molecular weight is 297 g/mol. The number of hydrogen-bond donors (Lipinski definition) is 0. The van der Waals surface area contributed by atoms with Crippen LogP contribution in [0.4, 0.5) is 5.69 Å². The van der Waals surface area contributed by atoms with Crippen LogP contribution in [0.25, 0.3) is 0 Å². The van der Waals surface area contributed by atoms with E-state index >= 15 is 0 Å². The fraction of sp³-hybridized carbons (Fsp3) is 0.278. The van der Waals surface area contributed by atoms with Gasteiger partial charge in [0.1, 0.15) is 18.1 Å². The van der Waals surface area contributed by atoms with E-state index in [0.29, 0.717) is 13.0 Å². The number of rotatable bonds is 3. The molecule has 1 atom stereocenters. The summed E-state index contributed by atoms with van der Waals surface area (Å²) in [5.74, 6) is 1.64. The Morgan fingerprint density at radius 1 is 1.23 bits per heavy atom. The smallest absolute Gasteiger partial charge is 0.231 e. The molecule has 0 aromatic heterocycles. The number of benzene rings is 2. The summed E-state index contributed by atoms with van der Waals surface area (Å²) in [4.78, 5) is 14.6. The molecule has 1 aliphatic rings. The minimum Gasteiger partial charge on any atom is -0.497 e. The molecule has 114 valence electrons. The average Bonchev–Trinajstić information content (AvgIpc) is 2.55. The highest BCUT2D eigenvalue weighted by atomic mass is 16.5. The first-order valence-electron chi connectivity index (χ1n) is 7.36. The lowest BCUT2D eigenvalue weighted by Gasteiger charge is -2.35. The van der Waals surface area contributed by atoms with Crippen LogP contribution in [0.2, 0.25) is 0 Å². The van der Waals surface area contributed by atoms with Gasteiger partial charge in [-0.3, -0.25) is 4.79 Å². The minimum atomic E-state index is 0.0284. The number of hydrogen-bond acceptors (Lipinski definition) is 3. The normalized spacial score (nSPS) is 16.6. The fourth-order valence-corrected chi connectivity index (χ4v) is 2.68. The van der Waals surface area contributed by atoms with Crippen LogP contribution in [0.1, 0.15) is 12.5 Å². The molecule has 1 aliphatic heterocycles. The molecule has 0 N–H and O–H groups in total. The van der Waals surface area contributed by atoms with Crippen molar-refractivity contribution in [3.63, 3.8) is 0 Å². The molecule has 0 saturated carbocycles. The number of ether oxygens (including phenoxy) is 2. The van der Waals surface area contributed by atoms with Crippen molar-refractivity contribution >= 4 is 11.6 Å². The van der Waals surface area contributed by atoms with Gasteiger partial charge in [-0.05, 0) is 36.8 Å². The zero-order chi connectivity index (χ0) is 15.5. The molecular weight excluding hydrogens is 278 g/mol. The lowest BCUT2D eigenvalue weighted by Crippen LogP contribution is -2.45. The molecule has 1 unspecified atom stereocenters. The van der Waals surface area contributed by atoms with Crippen LogP contribution in [0.3, 0.4) is 0 Å². The molecule has 0 saturated heterocycles. The van der Waals surface area contributed by atoms with Crippen LogP contribution in [-0.4, -0.2) is 25.7 Å². The molecule has 0 fully saturated rings. The maximum absolute atomic E-state index is 12.7. The van der Waals surface area contributed by atoms with Crippen molar-refractivity contribution in [1.82, 2.24) is 0 Å². The third kappa shape index (κ3) is 2.77. The molecule has 22 heavy (non-hydrogen) atoms. The van der Waals surface area contributed by atoms with E-state index in [2.05, 4.69) is 0 Å². The summed E-state index contributed by atoms with van der Waals surface area (Å²) >= 11 is 0. The van der Waals surface area contributed by atoms with E-state index in [1.54, 1.807) is 7.11 Å².